The zero-order valence-electron chi connectivity index (χ0n) is 26.1. The smallest absolute Gasteiger partial charge is 0.316 e. The lowest BCUT2D eigenvalue weighted by Gasteiger charge is -2.37. The zero-order valence-corrected chi connectivity index (χ0v) is 26.1. The van der Waals surface area contributed by atoms with Crippen LogP contribution in [0.15, 0.2) is 54.7 Å². The van der Waals surface area contributed by atoms with Crippen LogP contribution < -0.4 is 25.7 Å². The number of carbonyl (C=O) groups is 4. The zero-order chi connectivity index (χ0) is 31.4. The minimum Gasteiger partial charge on any atom is -0.404 e. The Bertz CT molecular complexity index is 1530. The molecule has 4 N–H and O–H groups in total. The highest BCUT2D eigenvalue weighted by molar-refractivity contribution is 6.15. The first-order valence-electron chi connectivity index (χ1n) is 15.6. The molecule has 0 spiro atoms. The van der Waals surface area contributed by atoms with Crippen molar-refractivity contribution in [2.75, 3.05) is 22.9 Å². The maximum atomic E-state index is 14.2. The van der Waals surface area contributed by atoms with Crippen LogP contribution >= 0.6 is 0 Å². The molecule has 0 bridgehead atoms. The summed E-state index contributed by atoms with van der Waals surface area (Å²) >= 11 is 0. The van der Waals surface area contributed by atoms with Gasteiger partial charge in [-0.25, -0.2) is 4.79 Å². The van der Waals surface area contributed by atoms with Crippen molar-refractivity contribution in [3.05, 3.63) is 60.3 Å². The van der Waals surface area contributed by atoms with Crippen molar-refractivity contribution in [1.29, 1.82) is 0 Å². The molecule has 2 atom stereocenters. The van der Waals surface area contributed by atoms with E-state index in [1.54, 1.807) is 0 Å². The molecule has 2 heterocycles. The Morgan fingerprint density at radius 1 is 1.00 bits per heavy atom. The molecule has 1 aliphatic heterocycles. The molecule has 0 saturated heterocycles. The highest BCUT2D eigenvalue weighted by atomic mass is 16.2. The number of anilines is 2. The van der Waals surface area contributed by atoms with Gasteiger partial charge in [-0.2, -0.15) is 0 Å². The average Bonchev–Trinajstić information content (AvgIpc) is 3.38. The second-order valence-corrected chi connectivity index (χ2v) is 12.9. The average molecular weight is 599 g/mol. The Hall–Kier alpha value is -4.28. The first-order chi connectivity index (χ1) is 21.1. The van der Waals surface area contributed by atoms with Crippen LogP contribution in [0.2, 0.25) is 0 Å². The molecular weight excluding hydrogens is 555 g/mol. The lowest BCUT2D eigenvalue weighted by atomic mass is 9.90. The van der Waals surface area contributed by atoms with E-state index in [9.17, 15) is 19.2 Å². The molecule has 1 unspecified atom stereocenters. The Kier molecular flexibility index (Phi) is 9.32. The Labute approximate surface area is 259 Å². The van der Waals surface area contributed by atoms with Crippen LogP contribution in [0.1, 0.15) is 58.4 Å². The maximum absolute atomic E-state index is 14.2. The van der Waals surface area contributed by atoms with Gasteiger partial charge in [-0.3, -0.25) is 14.4 Å². The quantitative estimate of drug-likeness (QED) is 0.297. The number of aromatic amines is 1. The fraction of sp³-hybridized carbons (Fsp3) is 0.455. The number of nitrogens with one attached hydrogen (secondary N) is 4. The van der Waals surface area contributed by atoms with Gasteiger partial charge in [0, 0.05) is 41.5 Å². The van der Waals surface area contributed by atoms with Gasteiger partial charge in [-0.1, -0.05) is 70.4 Å². The second kappa shape index (κ2) is 13.2. The number of Topliss-reactive ketones (excluding diaryl/α,β-unsaturated/α-hetero) is 1. The Morgan fingerprint density at radius 3 is 2.39 bits per heavy atom. The van der Waals surface area contributed by atoms with Gasteiger partial charge in [0.05, 0.1) is 17.9 Å². The van der Waals surface area contributed by atoms with Gasteiger partial charge in [0.15, 0.2) is 5.78 Å². The summed E-state index contributed by atoms with van der Waals surface area (Å²) in [4.78, 5) is 60.9. The van der Waals surface area contributed by atoms with Crippen molar-refractivity contribution < 1.29 is 19.2 Å². The topological polar surface area (TPSA) is 127 Å². The molecule has 1 saturated carbocycles. The number of benzene rings is 2. The van der Waals surface area contributed by atoms with E-state index in [-0.39, 0.29) is 43.1 Å². The predicted molar refractivity (Wildman–Crippen MR) is 175 cm³/mol. The number of fused-ring (bicyclic) bond motifs is 2. The molecule has 5 rings (SSSR count). The fourth-order valence-electron chi connectivity index (χ4n) is 6.27. The maximum Gasteiger partial charge on any atom is 0.316 e. The lowest BCUT2D eigenvalue weighted by Crippen LogP contribution is -2.59. The second-order valence-electron chi connectivity index (χ2n) is 12.9. The SMILES string of the molecule is BNC(=O)C(Cc1c[nH]c2ccccc12)NC(=O)N[C@@H]1CN(C2CCCCC2)c2ccccc2N(CC(=O)C(C)(C)C)C1=O. The molecule has 44 heavy (non-hydrogen) atoms. The number of rotatable bonds is 8. The number of para-hydroxylation sites is 3. The third kappa shape index (κ3) is 6.76. The minimum absolute atomic E-state index is 0.0756. The summed E-state index contributed by atoms with van der Waals surface area (Å²) in [5.74, 6) is -0.767. The van der Waals surface area contributed by atoms with Crippen molar-refractivity contribution in [2.24, 2.45) is 5.41 Å². The number of hydrogen-bond donors (Lipinski definition) is 4. The summed E-state index contributed by atoms with van der Waals surface area (Å²) < 4.78 is 0. The van der Waals surface area contributed by atoms with Gasteiger partial charge in [-0.15, -0.1) is 0 Å². The van der Waals surface area contributed by atoms with Crippen LogP contribution in [0, 0.1) is 5.41 Å². The molecule has 3 aromatic rings. The number of aromatic nitrogens is 1. The molecule has 0 radical (unpaired) electrons. The lowest BCUT2D eigenvalue weighted by molar-refractivity contribution is -0.127. The van der Waals surface area contributed by atoms with Crippen LogP contribution in [0.25, 0.3) is 10.9 Å². The summed E-state index contributed by atoms with van der Waals surface area (Å²) in [5, 5.41) is 9.34. The van der Waals surface area contributed by atoms with Gasteiger partial charge in [-0.05, 0) is 36.6 Å². The van der Waals surface area contributed by atoms with Crippen molar-refractivity contribution in [3.63, 3.8) is 0 Å². The van der Waals surface area contributed by atoms with Gasteiger partial charge in [0.25, 0.3) is 5.91 Å². The highest BCUT2D eigenvalue weighted by Crippen LogP contribution is 2.37. The molecular formula is C33H43BN6O4. The molecule has 1 aromatic heterocycles. The van der Waals surface area contributed by atoms with Gasteiger partial charge in [0.2, 0.25) is 13.9 Å². The van der Waals surface area contributed by atoms with Crippen molar-refractivity contribution >= 4 is 53.9 Å². The van der Waals surface area contributed by atoms with Crippen LogP contribution in [0.3, 0.4) is 0 Å². The molecule has 1 fully saturated rings. The normalized spacial score (nSPS) is 18.3. The van der Waals surface area contributed by atoms with Crippen molar-refractivity contribution in [3.8, 4) is 0 Å². The number of urea groups is 1. The van der Waals surface area contributed by atoms with E-state index in [1.165, 1.54) is 19.3 Å². The Morgan fingerprint density at radius 2 is 1.68 bits per heavy atom. The van der Waals surface area contributed by atoms with Crippen LogP contribution in [0.5, 0.6) is 0 Å². The van der Waals surface area contributed by atoms with Crippen LogP contribution in [-0.4, -0.2) is 67.8 Å². The summed E-state index contributed by atoms with van der Waals surface area (Å²) in [6.07, 6.45) is 7.48. The molecule has 11 heteroatoms. The number of hydrogen-bond acceptors (Lipinski definition) is 5. The predicted octanol–water partition coefficient (Wildman–Crippen LogP) is 3.21. The van der Waals surface area contributed by atoms with Crippen molar-refractivity contribution in [1.82, 2.24) is 20.8 Å². The molecule has 2 aliphatic rings. The van der Waals surface area contributed by atoms with Gasteiger partial charge >= 0.3 is 6.03 Å². The highest BCUT2D eigenvalue weighted by Gasteiger charge is 2.39. The van der Waals surface area contributed by atoms with E-state index in [2.05, 4.69) is 25.7 Å². The molecule has 10 nitrogen and oxygen atoms in total. The standard InChI is InChI=1S/C33H43BN6O4/c1-33(2,3)29(41)20-40-28-16-10-9-15-27(28)39(22-11-5-4-6-12-22)19-26(31(40)43)37-32(44)36-25(30(42)38-34)17-21-18-35-24-14-8-7-13-23(21)24/h7-10,13-16,18,22,25-26,35H,4-6,11-12,17,19-20,34H2,1-3H3,(H,38,42)(H2,36,37,44)/t25?,26-/m1/s1. The number of carbonyl (C=O) groups excluding carboxylic acids is 4. The van der Waals surface area contributed by atoms with Gasteiger partial charge in [0.1, 0.15) is 12.1 Å². The molecule has 1 aliphatic carbocycles. The van der Waals surface area contributed by atoms with Crippen LogP contribution in [0.4, 0.5) is 16.2 Å². The molecule has 232 valence electrons. The first kappa shape index (κ1) is 31.2. The molecule has 2 aromatic carbocycles. The van der Waals surface area contributed by atoms with E-state index < -0.39 is 23.5 Å². The monoisotopic (exact) mass is 598 g/mol. The van der Waals surface area contributed by atoms with E-state index in [0.717, 1.165) is 47.8 Å². The third-order valence-electron chi connectivity index (χ3n) is 8.85. The number of ketones is 1. The number of amides is 4. The Balaban J connectivity index is 1.42. The summed E-state index contributed by atoms with van der Waals surface area (Å²) in [5.41, 5.74) is 2.76. The number of H-pyrrole nitrogens is 1. The van der Waals surface area contributed by atoms with E-state index in [1.807, 2.05) is 75.5 Å². The summed E-state index contributed by atoms with van der Waals surface area (Å²) in [6.45, 7) is 5.69. The largest absolute Gasteiger partial charge is 0.404 e. The summed E-state index contributed by atoms with van der Waals surface area (Å²) in [6, 6.07) is 13.3. The van der Waals surface area contributed by atoms with E-state index in [0.29, 0.717) is 5.69 Å². The summed E-state index contributed by atoms with van der Waals surface area (Å²) in [7, 11) is 1.53. The van der Waals surface area contributed by atoms with E-state index >= 15 is 0 Å². The van der Waals surface area contributed by atoms with Crippen molar-refractivity contribution in [2.45, 2.75) is 77.4 Å². The molecule has 4 amide bonds. The van der Waals surface area contributed by atoms with Gasteiger partial charge < -0.3 is 30.6 Å². The fourth-order valence-corrected chi connectivity index (χ4v) is 6.27. The first-order valence-corrected chi connectivity index (χ1v) is 15.6. The van der Waals surface area contributed by atoms with E-state index in [4.69, 9.17) is 0 Å². The number of nitrogens with zero attached hydrogens (tertiary/aromatic N) is 2. The minimum atomic E-state index is -0.935. The third-order valence-corrected chi connectivity index (χ3v) is 8.85. The van der Waals surface area contributed by atoms with Crippen LogP contribution in [-0.2, 0) is 20.8 Å².